The van der Waals surface area contributed by atoms with Crippen LogP contribution < -0.4 is 4.90 Å². The lowest BCUT2D eigenvalue weighted by atomic mass is 10.1. The Kier molecular flexibility index (Phi) is 4.63. The number of carbonyl (C=O) groups is 1. The molecule has 4 aromatic rings. The average molecular weight is 404 g/mol. The summed E-state index contributed by atoms with van der Waals surface area (Å²) in [7, 11) is 1.95. The van der Waals surface area contributed by atoms with Gasteiger partial charge in [-0.15, -0.1) is 5.10 Å². The number of likely N-dealkylation sites (N-methyl/N-ethyl adjacent to an activating group) is 1. The second-order valence-electron chi connectivity index (χ2n) is 7.66. The SMILES string of the molecule is CN1CCN(c2ccc3ncc(Cc4cc5cccnc5cc4F)n3n2)CC1C=O. The highest BCUT2D eigenvalue weighted by Crippen LogP contribution is 2.22. The van der Waals surface area contributed by atoms with Crippen LogP contribution in [0.25, 0.3) is 16.6 Å². The van der Waals surface area contributed by atoms with Crippen molar-refractivity contribution in [1.82, 2.24) is 24.5 Å². The van der Waals surface area contributed by atoms with E-state index in [0.29, 0.717) is 29.7 Å². The summed E-state index contributed by atoms with van der Waals surface area (Å²) in [5, 5.41) is 5.65. The van der Waals surface area contributed by atoms with Crippen LogP contribution >= 0.6 is 0 Å². The lowest BCUT2D eigenvalue weighted by Crippen LogP contribution is -2.52. The first kappa shape index (κ1) is 18.6. The van der Waals surface area contributed by atoms with Crippen molar-refractivity contribution in [2.24, 2.45) is 0 Å². The maximum atomic E-state index is 14.7. The first-order chi connectivity index (χ1) is 14.6. The van der Waals surface area contributed by atoms with E-state index in [1.54, 1.807) is 16.9 Å². The van der Waals surface area contributed by atoms with E-state index in [9.17, 15) is 9.18 Å². The van der Waals surface area contributed by atoms with Crippen LogP contribution in [0.15, 0.2) is 48.8 Å². The van der Waals surface area contributed by atoms with Gasteiger partial charge in [-0.2, -0.15) is 0 Å². The maximum absolute atomic E-state index is 14.7. The van der Waals surface area contributed by atoms with Crippen LogP contribution in [0.3, 0.4) is 0 Å². The minimum Gasteiger partial charge on any atom is -0.352 e. The summed E-state index contributed by atoms with van der Waals surface area (Å²) in [5.74, 6) is 0.491. The summed E-state index contributed by atoms with van der Waals surface area (Å²) < 4.78 is 16.4. The highest BCUT2D eigenvalue weighted by atomic mass is 19.1. The summed E-state index contributed by atoms with van der Waals surface area (Å²) in [6, 6.07) is 10.7. The van der Waals surface area contributed by atoms with Gasteiger partial charge in [0.25, 0.3) is 0 Å². The Morgan fingerprint density at radius 1 is 1.20 bits per heavy atom. The summed E-state index contributed by atoms with van der Waals surface area (Å²) in [4.78, 5) is 24.1. The fourth-order valence-corrected chi connectivity index (χ4v) is 3.93. The molecule has 8 heteroatoms. The molecule has 152 valence electrons. The van der Waals surface area contributed by atoms with Gasteiger partial charge in [-0.25, -0.2) is 13.9 Å². The summed E-state index contributed by atoms with van der Waals surface area (Å²) >= 11 is 0. The fraction of sp³-hybridized carbons (Fsp3) is 0.273. The Morgan fingerprint density at radius 2 is 2.10 bits per heavy atom. The second kappa shape index (κ2) is 7.46. The predicted molar refractivity (Wildman–Crippen MR) is 112 cm³/mol. The van der Waals surface area contributed by atoms with Crippen molar-refractivity contribution in [1.29, 1.82) is 0 Å². The first-order valence-corrected chi connectivity index (χ1v) is 9.89. The molecule has 1 fully saturated rings. The number of pyridine rings is 1. The van der Waals surface area contributed by atoms with Gasteiger partial charge < -0.3 is 9.69 Å². The van der Waals surface area contributed by atoms with Crippen molar-refractivity contribution >= 4 is 28.7 Å². The summed E-state index contributed by atoms with van der Waals surface area (Å²) in [6.45, 7) is 2.17. The van der Waals surface area contributed by atoms with Crippen LogP contribution in [0.2, 0.25) is 0 Å². The molecule has 0 saturated carbocycles. The molecule has 7 nitrogen and oxygen atoms in total. The van der Waals surface area contributed by atoms with Crippen LogP contribution in [-0.2, 0) is 11.2 Å². The number of rotatable bonds is 4. The Morgan fingerprint density at radius 3 is 2.97 bits per heavy atom. The molecule has 1 aliphatic heterocycles. The van der Waals surface area contributed by atoms with Gasteiger partial charge in [-0.05, 0) is 36.9 Å². The van der Waals surface area contributed by atoms with Crippen LogP contribution in [-0.4, -0.2) is 63.5 Å². The molecular weight excluding hydrogens is 383 g/mol. The van der Waals surface area contributed by atoms with Crippen molar-refractivity contribution in [3.63, 3.8) is 0 Å². The van der Waals surface area contributed by atoms with Crippen LogP contribution in [0.4, 0.5) is 10.2 Å². The lowest BCUT2D eigenvalue weighted by molar-refractivity contribution is -0.112. The molecule has 1 unspecified atom stereocenters. The summed E-state index contributed by atoms with van der Waals surface area (Å²) in [5.41, 5.74) is 2.72. The van der Waals surface area contributed by atoms with E-state index in [-0.39, 0.29) is 11.9 Å². The highest BCUT2D eigenvalue weighted by Gasteiger charge is 2.25. The van der Waals surface area contributed by atoms with E-state index in [0.717, 1.165) is 36.3 Å². The number of carbonyl (C=O) groups excluding carboxylic acids is 1. The number of hydrogen-bond donors (Lipinski definition) is 0. The molecule has 0 amide bonds. The minimum absolute atomic E-state index is 0.154. The van der Waals surface area contributed by atoms with Gasteiger partial charge in [0, 0.05) is 43.7 Å². The van der Waals surface area contributed by atoms with Gasteiger partial charge in [0.1, 0.15) is 17.9 Å². The Balaban J connectivity index is 1.48. The van der Waals surface area contributed by atoms with Crippen molar-refractivity contribution in [3.05, 3.63) is 65.9 Å². The molecule has 1 aromatic carbocycles. The van der Waals surface area contributed by atoms with Gasteiger partial charge in [0.05, 0.1) is 23.4 Å². The van der Waals surface area contributed by atoms with Crippen molar-refractivity contribution in [2.45, 2.75) is 12.5 Å². The molecule has 1 aliphatic rings. The van der Waals surface area contributed by atoms with E-state index in [4.69, 9.17) is 5.10 Å². The number of piperazine rings is 1. The number of fused-ring (bicyclic) bond motifs is 2. The molecule has 0 aliphatic carbocycles. The molecule has 0 N–H and O–H groups in total. The zero-order valence-electron chi connectivity index (χ0n) is 16.6. The van der Waals surface area contributed by atoms with Crippen molar-refractivity contribution < 1.29 is 9.18 Å². The highest BCUT2D eigenvalue weighted by molar-refractivity contribution is 5.79. The molecule has 0 radical (unpaired) electrons. The molecule has 4 heterocycles. The largest absolute Gasteiger partial charge is 0.352 e. The molecule has 0 bridgehead atoms. The molecule has 5 rings (SSSR count). The van der Waals surface area contributed by atoms with Gasteiger partial charge in [-0.3, -0.25) is 9.88 Å². The number of benzene rings is 1. The van der Waals surface area contributed by atoms with Gasteiger partial charge >= 0.3 is 0 Å². The number of anilines is 1. The molecule has 30 heavy (non-hydrogen) atoms. The number of aromatic nitrogens is 4. The minimum atomic E-state index is -0.291. The smallest absolute Gasteiger partial charge is 0.153 e. The number of imidazole rings is 1. The van der Waals surface area contributed by atoms with Gasteiger partial charge in [0.2, 0.25) is 0 Å². The Hall–Kier alpha value is -3.39. The molecule has 3 aromatic heterocycles. The van der Waals surface area contributed by atoms with Gasteiger partial charge in [0.15, 0.2) is 5.65 Å². The van der Waals surface area contributed by atoms with E-state index < -0.39 is 0 Å². The summed E-state index contributed by atoms with van der Waals surface area (Å²) in [6.07, 6.45) is 4.74. The number of nitrogens with zero attached hydrogens (tertiary/aromatic N) is 6. The van der Waals surface area contributed by atoms with E-state index >= 15 is 0 Å². The molecular formula is C22H21FN6O. The average Bonchev–Trinajstić information content (AvgIpc) is 3.16. The molecule has 0 spiro atoms. The zero-order valence-corrected chi connectivity index (χ0v) is 16.6. The maximum Gasteiger partial charge on any atom is 0.153 e. The van der Waals surface area contributed by atoms with Crippen LogP contribution in [0.5, 0.6) is 0 Å². The fourth-order valence-electron chi connectivity index (χ4n) is 3.93. The zero-order chi connectivity index (χ0) is 20.7. The quantitative estimate of drug-likeness (QED) is 0.487. The van der Waals surface area contributed by atoms with Crippen LogP contribution in [0.1, 0.15) is 11.3 Å². The normalized spacial score (nSPS) is 17.7. The monoisotopic (exact) mass is 404 g/mol. The second-order valence-corrected chi connectivity index (χ2v) is 7.66. The lowest BCUT2D eigenvalue weighted by Gasteiger charge is -2.37. The topological polar surface area (TPSA) is 66.6 Å². The standard InChI is InChI=1S/C22H21FN6O/c1-27-7-8-28(13-18(27)14-30)22-5-4-21-25-12-17(29(21)26-22)10-16-9-15-3-2-6-24-20(15)11-19(16)23/h2-6,9,11-12,14,18H,7-8,10,13H2,1H3. The van der Waals surface area contributed by atoms with E-state index in [2.05, 4.69) is 14.9 Å². The predicted octanol–water partition coefficient (Wildman–Crippen LogP) is 2.33. The van der Waals surface area contributed by atoms with E-state index in [1.165, 1.54) is 6.07 Å². The molecule has 1 saturated heterocycles. The van der Waals surface area contributed by atoms with Crippen molar-refractivity contribution in [3.8, 4) is 0 Å². The number of aldehydes is 1. The number of hydrogen-bond acceptors (Lipinski definition) is 6. The van der Waals surface area contributed by atoms with Crippen molar-refractivity contribution in [2.75, 3.05) is 31.6 Å². The third-order valence-corrected chi connectivity index (χ3v) is 5.74. The molecule has 1 atom stereocenters. The first-order valence-electron chi connectivity index (χ1n) is 9.89. The number of halogens is 1. The third kappa shape index (κ3) is 3.29. The van der Waals surface area contributed by atoms with E-state index in [1.807, 2.05) is 42.3 Å². The van der Waals surface area contributed by atoms with Crippen LogP contribution in [0, 0.1) is 5.82 Å². The Labute approximate surface area is 172 Å². The third-order valence-electron chi connectivity index (χ3n) is 5.74. The van der Waals surface area contributed by atoms with Gasteiger partial charge in [-0.1, -0.05) is 6.07 Å². The Bertz CT molecular complexity index is 1240.